The van der Waals surface area contributed by atoms with Crippen LogP contribution in [0.25, 0.3) is 0 Å². The van der Waals surface area contributed by atoms with Gasteiger partial charge in [-0.25, -0.2) is 9.59 Å². The van der Waals surface area contributed by atoms with E-state index in [4.69, 9.17) is 0 Å². The van der Waals surface area contributed by atoms with E-state index in [1.54, 1.807) is 11.8 Å². The molecule has 6 nitrogen and oxygen atoms in total. The number of nitrogens with zero attached hydrogens (tertiary/aromatic N) is 2. The maximum absolute atomic E-state index is 12.7. The van der Waals surface area contributed by atoms with Crippen LogP contribution in [0.1, 0.15) is 46.5 Å². The van der Waals surface area contributed by atoms with Gasteiger partial charge in [0.05, 0.1) is 5.60 Å². The maximum atomic E-state index is 12.7. The number of carbonyl (C=O) groups excluding carboxylic acids is 1. The van der Waals surface area contributed by atoms with E-state index in [0.717, 1.165) is 12.8 Å². The first-order valence-corrected chi connectivity index (χ1v) is 7.65. The molecule has 2 aliphatic rings. The van der Waals surface area contributed by atoms with Crippen LogP contribution in [0.4, 0.5) is 4.79 Å². The number of likely N-dealkylation sites (tertiary alicyclic amines) is 2. The molecule has 2 aliphatic heterocycles. The van der Waals surface area contributed by atoms with Gasteiger partial charge in [0.1, 0.15) is 6.04 Å². The normalized spacial score (nSPS) is 28.3. The molecule has 0 aromatic heterocycles. The van der Waals surface area contributed by atoms with Crippen LogP contribution in [0.3, 0.4) is 0 Å². The van der Waals surface area contributed by atoms with Gasteiger partial charge in [0.25, 0.3) is 0 Å². The van der Waals surface area contributed by atoms with Crippen LogP contribution >= 0.6 is 0 Å². The second-order valence-electron chi connectivity index (χ2n) is 7.29. The largest absolute Gasteiger partial charge is 0.480 e. The Hall–Kier alpha value is -1.30. The third-order valence-electron chi connectivity index (χ3n) is 4.86. The Morgan fingerprint density at radius 3 is 2.14 bits per heavy atom. The average molecular weight is 298 g/mol. The van der Waals surface area contributed by atoms with E-state index in [-0.39, 0.29) is 6.03 Å². The fourth-order valence-corrected chi connectivity index (χ4v) is 3.43. The maximum Gasteiger partial charge on any atom is 0.327 e. The molecule has 2 saturated heterocycles. The first-order chi connectivity index (χ1) is 9.64. The number of aliphatic hydroxyl groups is 1. The summed E-state index contributed by atoms with van der Waals surface area (Å²) in [6.07, 6.45) is 2.71. The SMILES string of the molecule is CC1(O)CCN(C(=O)N2CCCC(C)(C)C2C(=O)O)CC1. The number of piperidine rings is 2. The van der Waals surface area contributed by atoms with E-state index in [1.807, 2.05) is 13.8 Å². The van der Waals surface area contributed by atoms with Gasteiger partial charge in [0.15, 0.2) is 0 Å². The van der Waals surface area contributed by atoms with Crippen LogP contribution < -0.4 is 0 Å². The van der Waals surface area contributed by atoms with Crippen molar-refractivity contribution in [1.29, 1.82) is 0 Å². The molecule has 0 radical (unpaired) electrons. The summed E-state index contributed by atoms with van der Waals surface area (Å²) in [7, 11) is 0. The third-order valence-corrected chi connectivity index (χ3v) is 4.86. The smallest absolute Gasteiger partial charge is 0.327 e. The lowest BCUT2D eigenvalue weighted by Gasteiger charge is -2.46. The molecular weight excluding hydrogens is 272 g/mol. The van der Waals surface area contributed by atoms with E-state index >= 15 is 0 Å². The van der Waals surface area contributed by atoms with Gasteiger partial charge in [0.2, 0.25) is 0 Å². The van der Waals surface area contributed by atoms with Gasteiger partial charge >= 0.3 is 12.0 Å². The topological polar surface area (TPSA) is 81.1 Å². The van der Waals surface area contributed by atoms with Crippen LogP contribution in [-0.4, -0.2) is 63.3 Å². The van der Waals surface area contributed by atoms with Crippen molar-refractivity contribution in [3.63, 3.8) is 0 Å². The molecule has 2 amide bonds. The highest BCUT2D eigenvalue weighted by atomic mass is 16.4. The standard InChI is InChI=1S/C15H26N2O4/c1-14(2)5-4-8-17(11(14)12(18)19)13(20)16-9-6-15(3,21)7-10-16/h11,21H,4-10H2,1-3H3,(H,18,19). The summed E-state index contributed by atoms with van der Waals surface area (Å²) in [5.74, 6) is -0.933. The minimum absolute atomic E-state index is 0.203. The molecule has 0 aromatic carbocycles. The Morgan fingerprint density at radius 2 is 1.62 bits per heavy atom. The van der Waals surface area contributed by atoms with E-state index in [1.165, 1.54) is 4.90 Å². The number of rotatable bonds is 1. The van der Waals surface area contributed by atoms with E-state index in [0.29, 0.717) is 32.5 Å². The van der Waals surface area contributed by atoms with Crippen molar-refractivity contribution in [2.24, 2.45) is 5.41 Å². The molecule has 1 unspecified atom stereocenters. The molecule has 0 spiro atoms. The monoisotopic (exact) mass is 298 g/mol. The van der Waals surface area contributed by atoms with Gasteiger partial charge in [-0.05, 0) is 38.0 Å². The van der Waals surface area contributed by atoms with Crippen LogP contribution in [0.5, 0.6) is 0 Å². The van der Waals surface area contributed by atoms with Crippen LogP contribution in [0.2, 0.25) is 0 Å². The van der Waals surface area contributed by atoms with Gasteiger partial charge in [-0.2, -0.15) is 0 Å². The number of hydrogen-bond acceptors (Lipinski definition) is 3. The summed E-state index contributed by atoms with van der Waals surface area (Å²) < 4.78 is 0. The highest BCUT2D eigenvalue weighted by Crippen LogP contribution is 2.36. The Bertz CT molecular complexity index is 423. The van der Waals surface area contributed by atoms with Gasteiger partial charge in [-0.1, -0.05) is 13.8 Å². The minimum Gasteiger partial charge on any atom is -0.480 e. The molecule has 2 N–H and O–H groups in total. The number of carboxylic acid groups (broad SMARTS) is 1. The predicted octanol–water partition coefficient (Wildman–Crippen LogP) is 1.53. The minimum atomic E-state index is -0.933. The summed E-state index contributed by atoms with van der Waals surface area (Å²) in [5, 5.41) is 19.5. The Labute approximate surface area is 125 Å². The lowest BCUT2D eigenvalue weighted by atomic mass is 9.76. The Kier molecular flexibility index (Phi) is 4.19. The molecule has 2 rings (SSSR count). The molecule has 6 heteroatoms. The number of urea groups is 1. The van der Waals surface area contributed by atoms with Gasteiger partial charge in [0, 0.05) is 19.6 Å². The highest BCUT2D eigenvalue weighted by molar-refractivity contribution is 5.83. The highest BCUT2D eigenvalue weighted by Gasteiger charge is 2.46. The van der Waals surface area contributed by atoms with Crippen LogP contribution in [-0.2, 0) is 4.79 Å². The summed E-state index contributed by atoms with van der Waals surface area (Å²) >= 11 is 0. The fourth-order valence-electron chi connectivity index (χ4n) is 3.43. The van der Waals surface area contributed by atoms with Crippen molar-refractivity contribution in [2.75, 3.05) is 19.6 Å². The van der Waals surface area contributed by atoms with Gasteiger partial charge in [-0.15, -0.1) is 0 Å². The predicted molar refractivity (Wildman–Crippen MR) is 78.0 cm³/mol. The zero-order chi connectivity index (χ0) is 15.8. The zero-order valence-corrected chi connectivity index (χ0v) is 13.1. The van der Waals surface area contributed by atoms with Gasteiger partial charge < -0.3 is 20.0 Å². The molecule has 2 heterocycles. The number of hydrogen-bond donors (Lipinski definition) is 2. The lowest BCUT2D eigenvalue weighted by molar-refractivity contribution is -0.149. The van der Waals surface area contributed by atoms with E-state index < -0.39 is 23.0 Å². The van der Waals surface area contributed by atoms with Crippen molar-refractivity contribution in [3.05, 3.63) is 0 Å². The Balaban J connectivity index is 2.12. The van der Waals surface area contributed by atoms with E-state index in [9.17, 15) is 19.8 Å². The molecular formula is C15H26N2O4. The number of carboxylic acids is 1. The number of aliphatic carboxylic acids is 1. The van der Waals surface area contributed by atoms with Gasteiger partial charge in [-0.3, -0.25) is 0 Å². The lowest BCUT2D eigenvalue weighted by Crippen LogP contribution is -2.60. The average Bonchev–Trinajstić information content (AvgIpc) is 2.36. The fraction of sp³-hybridized carbons (Fsp3) is 0.867. The van der Waals surface area contributed by atoms with E-state index in [2.05, 4.69) is 0 Å². The molecule has 0 saturated carbocycles. The first kappa shape index (κ1) is 16.1. The summed E-state index contributed by atoms with van der Waals surface area (Å²) in [4.78, 5) is 27.5. The molecule has 2 fully saturated rings. The zero-order valence-electron chi connectivity index (χ0n) is 13.1. The summed E-state index contributed by atoms with van der Waals surface area (Å²) in [6.45, 7) is 7.05. The number of carbonyl (C=O) groups is 2. The van der Waals surface area contributed by atoms with Crippen molar-refractivity contribution in [3.8, 4) is 0 Å². The third kappa shape index (κ3) is 3.31. The van der Waals surface area contributed by atoms with Crippen LogP contribution in [0, 0.1) is 5.41 Å². The quantitative estimate of drug-likeness (QED) is 0.769. The first-order valence-electron chi connectivity index (χ1n) is 7.65. The second-order valence-corrected chi connectivity index (χ2v) is 7.29. The Morgan fingerprint density at radius 1 is 1.05 bits per heavy atom. The van der Waals surface area contributed by atoms with Crippen molar-refractivity contribution >= 4 is 12.0 Å². The molecule has 0 aliphatic carbocycles. The van der Waals surface area contributed by atoms with Crippen molar-refractivity contribution in [2.45, 2.75) is 58.1 Å². The molecule has 120 valence electrons. The van der Waals surface area contributed by atoms with Crippen molar-refractivity contribution in [1.82, 2.24) is 9.80 Å². The molecule has 0 aromatic rings. The molecule has 1 atom stereocenters. The van der Waals surface area contributed by atoms with Crippen LogP contribution in [0.15, 0.2) is 0 Å². The molecule has 0 bridgehead atoms. The van der Waals surface area contributed by atoms with Crippen molar-refractivity contribution < 1.29 is 19.8 Å². The number of amides is 2. The second kappa shape index (κ2) is 5.48. The summed E-state index contributed by atoms with van der Waals surface area (Å²) in [5.41, 5.74) is -1.13. The molecule has 21 heavy (non-hydrogen) atoms. The summed E-state index contributed by atoms with van der Waals surface area (Å²) in [6, 6.07) is -0.980.